The number of furan rings is 1. The van der Waals surface area contributed by atoms with Crippen LogP contribution in [0.5, 0.6) is 0 Å². The highest BCUT2D eigenvalue weighted by atomic mass is 32.2. The van der Waals surface area contributed by atoms with Crippen LogP contribution in [0.3, 0.4) is 0 Å². The van der Waals surface area contributed by atoms with E-state index in [1.807, 2.05) is 6.92 Å². The molecule has 146 valence electrons. The van der Waals surface area contributed by atoms with Crippen LogP contribution in [-0.4, -0.2) is 36.8 Å². The number of carbonyl (C=O) groups is 1. The van der Waals surface area contributed by atoms with Gasteiger partial charge in [-0.3, -0.25) is 9.59 Å². The van der Waals surface area contributed by atoms with E-state index in [9.17, 15) is 18.0 Å². The summed E-state index contributed by atoms with van der Waals surface area (Å²) < 4.78 is 34.9. The third-order valence-corrected chi connectivity index (χ3v) is 6.66. The highest BCUT2D eigenvalue weighted by Gasteiger charge is 2.36. The van der Waals surface area contributed by atoms with E-state index in [2.05, 4.69) is 0 Å². The van der Waals surface area contributed by atoms with Gasteiger partial charge in [-0.05, 0) is 43.2 Å². The van der Waals surface area contributed by atoms with Gasteiger partial charge in [-0.1, -0.05) is 6.07 Å². The number of rotatable bonds is 4. The van der Waals surface area contributed by atoms with E-state index < -0.39 is 21.8 Å². The quantitative estimate of drug-likeness (QED) is 0.666. The lowest BCUT2D eigenvalue weighted by molar-refractivity contribution is 0.0634. The third-order valence-electron chi connectivity index (χ3n) is 4.91. The molecule has 1 aliphatic heterocycles. The van der Waals surface area contributed by atoms with Crippen molar-refractivity contribution in [2.24, 2.45) is 0 Å². The molecular formula is C20H19NO6S. The molecule has 0 saturated carbocycles. The molecule has 2 aromatic heterocycles. The summed E-state index contributed by atoms with van der Waals surface area (Å²) in [6.07, 6.45) is 1.83. The number of amides is 1. The van der Waals surface area contributed by atoms with Crippen LogP contribution in [0.25, 0.3) is 11.0 Å². The summed E-state index contributed by atoms with van der Waals surface area (Å²) in [5.74, 6) is -0.203. The zero-order valence-corrected chi connectivity index (χ0v) is 16.1. The molecule has 0 unspecified atom stereocenters. The van der Waals surface area contributed by atoms with E-state index in [0.29, 0.717) is 23.2 Å². The van der Waals surface area contributed by atoms with Crippen molar-refractivity contribution in [1.29, 1.82) is 0 Å². The molecule has 0 radical (unpaired) electrons. The average molecular weight is 401 g/mol. The minimum Gasteiger partial charge on any atom is -0.467 e. The molecule has 0 aliphatic carbocycles. The van der Waals surface area contributed by atoms with E-state index in [-0.39, 0.29) is 29.2 Å². The van der Waals surface area contributed by atoms with Gasteiger partial charge in [0.2, 0.25) is 0 Å². The van der Waals surface area contributed by atoms with Crippen molar-refractivity contribution >= 4 is 26.7 Å². The summed E-state index contributed by atoms with van der Waals surface area (Å²) in [5, 5.41) is 0.392. The second kappa shape index (κ2) is 6.94. The van der Waals surface area contributed by atoms with Crippen LogP contribution >= 0.6 is 0 Å². The number of fused-ring (bicyclic) bond motifs is 1. The molecule has 1 amide bonds. The number of sulfone groups is 1. The van der Waals surface area contributed by atoms with Crippen LogP contribution in [0.15, 0.2) is 56.3 Å². The van der Waals surface area contributed by atoms with Gasteiger partial charge in [-0.25, -0.2) is 8.42 Å². The maximum atomic E-state index is 13.2. The first-order valence-electron chi connectivity index (χ1n) is 8.91. The van der Waals surface area contributed by atoms with Crippen LogP contribution in [0.1, 0.15) is 28.3 Å². The molecule has 0 bridgehead atoms. The van der Waals surface area contributed by atoms with Gasteiger partial charge in [0.05, 0.1) is 29.7 Å². The van der Waals surface area contributed by atoms with Gasteiger partial charge >= 0.3 is 0 Å². The van der Waals surface area contributed by atoms with E-state index in [1.54, 1.807) is 30.3 Å². The third kappa shape index (κ3) is 3.60. The zero-order chi connectivity index (χ0) is 19.9. The van der Waals surface area contributed by atoms with Gasteiger partial charge in [-0.15, -0.1) is 0 Å². The average Bonchev–Trinajstić information content (AvgIpc) is 3.27. The Labute approximate surface area is 161 Å². The minimum atomic E-state index is -3.20. The summed E-state index contributed by atoms with van der Waals surface area (Å²) >= 11 is 0. The van der Waals surface area contributed by atoms with Crippen molar-refractivity contribution in [3.63, 3.8) is 0 Å². The standard InChI is InChI=1S/C20H19NO6S/c1-13-4-5-16-17(22)10-19(27-18(16)9-13)20(23)21(11-15-3-2-7-26-15)14-6-8-28(24,25)12-14/h2-5,7,9-10,14H,6,8,11-12H2,1H3/t14-/m0/s1. The maximum absolute atomic E-state index is 13.2. The number of benzene rings is 1. The van der Waals surface area contributed by atoms with Crippen LogP contribution in [-0.2, 0) is 16.4 Å². The van der Waals surface area contributed by atoms with E-state index in [0.717, 1.165) is 5.56 Å². The van der Waals surface area contributed by atoms with Crippen molar-refractivity contribution in [1.82, 2.24) is 4.90 Å². The van der Waals surface area contributed by atoms with Crippen LogP contribution in [0, 0.1) is 6.92 Å². The second-order valence-corrected chi connectivity index (χ2v) is 9.27. The molecule has 1 atom stereocenters. The molecule has 1 aromatic carbocycles. The summed E-state index contributed by atoms with van der Waals surface area (Å²) in [4.78, 5) is 27.1. The summed E-state index contributed by atoms with van der Waals surface area (Å²) in [7, 11) is -3.20. The topological polar surface area (TPSA) is 97.8 Å². The predicted octanol–water partition coefficient (Wildman–Crippen LogP) is 2.52. The fourth-order valence-electron chi connectivity index (χ4n) is 3.47. The predicted molar refractivity (Wildman–Crippen MR) is 103 cm³/mol. The van der Waals surface area contributed by atoms with Gasteiger partial charge in [-0.2, -0.15) is 0 Å². The number of aryl methyl sites for hydroxylation is 1. The first-order chi connectivity index (χ1) is 13.3. The molecular weight excluding hydrogens is 382 g/mol. The van der Waals surface area contributed by atoms with E-state index in [1.165, 1.54) is 17.2 Å². The number of nitrogens with zero attached hydrogens (tertiary/aromatic N) is 1. The first kappa shape index (κ1) is 18.5. The first-order valence-corrected chi connectivity index (χ1v) is 10.7. The molecule has 7 nitrogen and oxygen atoms in total. The van der Waals surface area contributed by atoms with Crippen molar-refractivity contribution in [2.75, 3.05) is 11.5 Å². The van der Waals surface area contributed by atoms with Gasteiger partial charge in [0.1, 0.15) is 11.3 Å². The summed E-state index contributed by atoms with van der Waals surface area (Å²) in [5.41, 5.74) is 0.906. The molecule has 0 N–H and O–H groups in total. The van der Waals surface area contributed by atoms with E-state index in [4.69, 9.17) is 8.83 Å². The Morgan fingerprint density at radius 3 is 2.75 bits per heavy atom. The Balaban J connectivity index is 1.74. The molecule has 8 heteroatoms. The largest absolute Gasteiger partial charge is 0.467 e. The smallest absolute Gasteiger partial charge is 0.290 e. The highest BCUT2D eigenvalue weighted by Crippen LogP contribution is 2.23. The fourth-order valence-corrected chi connectivity index (χ4v) is 5.20. The van der Waals surface area contributed by atoms with Crippen LogP contribution < -0.4 is 5.43 Å². The van der Waals surface area contributed by atoms with Gasteiger partial charge in [0.25, 0.3) is 5.91 Å². The Kier molecular flexibility index (Phi) is 4.58. The number of hydrogen-bond donors (Lipinski definition) is 0. The Morgan fingerprint density at radius 2 is 2.07 bits per heavy atom. The maximum Gasteiger partial charge on any atom is 0.290 e. The molecule has 1 aliphatic rings. The van der Waals surface area contributed by atoms with Gasteiger partial charge in [0, 0.05) is 12.1 Å². The molecule has 4 rings (SSSR count). The SMILES string of the molecule is Cc1ccc2c(=O)cc(C(=O)N(Cc3ccco3)[C@H]3CCS(=O)(=O)C3)oc2c1. The number of carbonyl (C=O) groups excluding carboxylic acids is 1. The Hall–Kier alpha value is -2.87. The molecule has 3 heterocycles. The Bertz CT molecular complexity index is 1190. The van der Waals surface area contributed by atoms with Gasteiger partial charge in [0.15, 0.2) is 21.0 Å². The minimum absolute atomic E-state index is 0.0282. The fraction of sp³-hybridized carbons (Fsp3) is 0.300. The van der Waals surface area contributed by atoms with Crippen molar-refractivity contribution in [3.05, 3.63) is 70.0 Å². The monoisotopic (exact) mass is 401 g/mol. The summed E-state index contributed by atoms with van der Waals surface area (Å²) in [6, 6.07) is 9.23. The van der Waals surface area contributed by atoms with Crippen molar-refractivity contribution < 1.29 is 22.0 Å². The van der Waals surface area contributed by atoms with Crippen LogP contribution in [0.4, 0.5) is 0 Å². The lowest BCUT2D eigenvalue weighted by Gasteiger charge is -2.26. The van der Waals surface area contributed by atoms with Crippen molar-refractivity contribution in [2.45, 2.75) is 25.9 Å². The Morgan fingerprint density at radius 1 is 1.25 bits per heavy atom. The molecule has 28 heavy (non-hydrogen) atoms. The highest BCUT2D eigenvalue weighted by molar-refractivity contribution is 7.91. The van der Waals surface area contributed by atoms with Crippen LogP contribution in [0.2, 0.25) is 0 Å². The van der Waals surface area contributed by atoms with Crippen molar-refractivity contribution in [3.8, 4) is 0 Å². The second-order valence-electron chi connectivity index (χ2n) is 7.04. The van der Waals surface area contributed by atoms with E-state index >= 15 is 0 Å². The summed E-state index contributed by atoms with van der Waals surface area (Å²) in [6.45, 7) is 1.96. The lowest BCUT2D eigenvalue weighted by atomic mass is 10.1. The molecule has 1 saturated heterocycles. The molecule has 1 fully saturated rings. The molecule has 3 aromatic rings. The number of hydrogen-bond acceptors (Lipinski definition) is 6. The zero-order valence-electron chi connectivity index (χ0n) is 15.3. The normalized spacial score (nSPS) is 18.4. The lowest BCUT2D eigenvalue weighted by Crippen LogP contribution is -2.40. The van der Waals surface area contributed by atoms with Gasteiger partial charge < -0.3 is 13.7 Å². The molecule has 0 spiro atoms.